The van der Waals surface area contributed by atoms with Gasteiger partial charge in [0, 0.05) is 26.5 Å². The zero-order chi connectivity index (χ0) is 31.9. The number of hydrogen-bond donors (Lipinski definition) is 2. The van der Waals surface area contributed by atoms with Gasteiger partial charge in [0.15, 0.2) is 0 Å². The molecule has 2 N–H and O–H groups in total. The van der Waals surface area contributed by atoms with Gasteiger partial charge < -0.3 is 29.2 Å². The Morgan fingerprint density at radius 2 is 1.13 bits per heavy atom. The molecule has 0 saturated carbocycles. The molecule has 2 unspecified atom stereocenters. The number of benzene rings is 3. The lowest BCUT2D eigenvalue weighted by Gasteiger charge is -2.40. The number of phenols is 2. The fraction of sp³-hybridized carbons (Fsp3) is 0.455. The topological polar surface area (TPSA) is 175 Å². The molecule has 0 aromatic heterocycles. The minimum Gasteiger partial charge on any atom is -0.507 e. The van der Waals surface area contributed by atoms with E-state index in [9.17, 15) is 21.3 Å². The first kappa shape index (κ1) is 32.1. The van der Waals surface area contributed by atoms with Gasteiger partial charge in [-0.2, -0.15) is 0 Å². The molecule has 12 heteroatoms. The van der Waals surface area contributed by atoms with Crippen LogP contribution in [0.1, 0.15) is 66.7 Å². The summed E-state index contributed by atoms with van der Waals surface area (Å²) in [5, 5.41) is 30.4. The van der Waals surface area contributed by atoms with Gasteiger partial charge in [-0.25, -0.2) is 0 Å². The Balaban J connectivity index is 1.37. The van der Waals surface area contributed by atoms with Gasteiger partial charge in [-0.3, -0.25) is 0 Å². The predicted molar refractivity (Wildman–Crippen MR) is 166 cm³/mol. The maximum Gasteiger partial charge on any atom is 0.128 e. The first-order valence-corrected chi connectivity index (χ1v) is 15.1. The van der Waals surface area contributed by atoms with Crippen molar-refractivity contribution in [2.75, 3.05) is 0 Å². The monoisotopic (exact) mass is 614 g/mol. The molecule has 2 aliphatic rings. The SMILES string of the molecule is Cc1c(O)c([C@H]2C[C@@H](N=[N+]=[N-])[C@H](OCc3ccccc3)C(C)O2)cc([C@H]2CC(N=[N+]=[N-])[C@H](OCc3ccccc3)[C@H](C)O2)c1O. The second kappa shape index (κ2) is 14.7. The summed E-state index contributed by atoms with van der Waals surface area (Å²) in [5.41, 5.74) is 21.8. The van der Waals surface area contributed by atoms with Crippen LogP contribution in [0.5, 0.6) is 11.5 Å². The molecule has 3 aromatic carbocycles. The molecule has 0 radical (unpaired) electrons. The van der Waals surface area contributed by atoms with E-state index in [0.29, 0.717) is 24.3 Å². The number of rotatable bonds is 10. The lowest BCUT2D eigenvalue weighted by molar-refractivity contribution is -0.149. The molecule has 3 aromatic rings. The molecule has 0 amide bonds. The quantitative estimate of drug-likeness (QED) is 0.135. The van der Waals surface area contributed by atoms with E-state index in [1.54, 1.807) is 13.0 Å². The van der Waals surface area contributed by atoms with E-state index in [1.165, 1.54) is 0 Å². The van der Waals surface area contributed by atoms with E-state index in [0.717, 1.165) is 11.1 Å². The van der Waals surface area contributed by atoms with E-state index < -0.39 is 48.7 Å². The molecular formula is C33H38N6O6. The fourth-order valence-corrected chi connectivity index (χ4v) is 6.24. The van der Waals surface area contributed by atoms with Crippen LogP contribution in [-0.4, -0.2) is 46.7 Å². The van der Waals surface area contributed by atoms with E-state index in [1.807, 2.05) is 74.5 Å². The maximum atomic E-state index is 11.2. The van der Waals surface area contributed by atoms with Crippen molar-refractivity contribution in [3.63, 3.8) is 0 Å². The number of ether oxygens (including phenoxy) is 4. The zero-order valence-corrected chi connectivity index (χ0v) is 25.5. The molecule has 2 fully saturated rings. The molecule has 2 aliphatic heterocycles. The fourth-order valence-electron chi connectivity index (χ4n) is 6.24. The minimum absolute atomic E-state index is 0.115. The van der Waals surface area contributed by atoms with E-state index in [4.69, 9.17) is 18.9 Å². The van der Waals surface area contributed by atoms with Crippen molar-refractivity contribution < 1.29 is 29.2 Å². The average molecular weight is 615 g/mol. The van der Waals surface area contributed by atoms with Gasteiger partial charge in [-0.15, -0.1) is 0 Å². The van der Waals surface area contributed by atoms with Crippen LogP contribution in [0.25, 0.3) is 20.9 Å². The van der Waals surface area contributed by atoms with E-state index in [2.05, 4.69) is 20.1 Å². The highest BCUT2D eigenvalue weighted by molar-refractivity contribution is 5.54. The molecular weight excluding hydrogens is 576 g/mol. The lowest BCUT2D eigenvalue weighted by Crippen LogP contribution is -2.45. The Labute approximate surface area is 261 Å². The molecule has 0 aliphatic carbocycles. The third-order valence-electron chi connectivity index (χ3n) is 8.59. The first-order valence-electron chi connectivity index (χ1n) is 15.1. The standard InChI is InChI=1S/C33H38N6O6/c1-19-30(40)24(28-15-26(36-38-34)32(20(2)44-28)42-17-22-10-6-4-7-11-22)14-25(31(19)41)29-16-27(37-39-35)33(21(3)45-29)43-18-23-12-8-5-9-13-23/h4-14,20-21,26-29,32-33,40-41H,15-18H2,1-3H3/t20-,21?,26?,27+,28+,29+,32+,33+/m0/s1. The second-order valence-electron chi connectivity index (χ2n) is 11.6. The van der Waals surface area contributed by atoms with Gasteiger partial charge in [0.05, 0.1) is 61.9 Å². The van der Waals surface area contributed by atoms with Crippen molar-refractivity contribution in [1.82, 2.24) is 0 Å². The highest BCUT2D eigenvalue weighted by Gasteiger charge is 2.41. The number of nitrogens with zero attached hydrogens (tertiary/aromatic N) is 6. The summed E-state index contributed by atoms with van der Waals surface area (Å²) in [6, 6.07) is 19.9. The van der Waals surface area contributed by atoms with Crippen molar-refractivity contribution in [3.8, 4) is 11.5 Å². The molecule has 12 nitrogen and oxygen atoms in total. The molecule has 0 bridgehead atoms. The molecule has 45 heavy (non-hydrogen) atoms. The lowest BCUT2D eigenvalue weighted by atomic mass is 9.87. The third-order valence-corrected chi connectivity index (χ3v) is 8.59. The predicted octanol–water partition coefficient (Wildman–Crippen LogP) is 7.63. The normalized spacial score (nSPS) is 28.1. The summed E-state index contributed by atoms with van der Waals surface area (Å²) >= 11 is 0. The maximum absolute atomic E-state index is 11.2. The molecule has 8 atom stereocenters. The van der Waals surface area contributed by atoms with Crippen molar-refractivity contribution in [3.05, 3.63) is 115 Å². The highest BCUT2D eigenvalue weighted by Crippen LogP contribution is 2.47. The number of aromatic hydroxyl groups is 2. The number of phenolic OH excluding ortho intramolecular Hbond substituents is 2. The summed E-state index contributed by atoms with van der Waals surface area (Å²) in [5.74, 6) is -0.229. The molecule has 236 valence electrons. The van der Waals surface area contributed by atoms with Crippen LogP contribution in [0, 0.1) is 6.92 Å². The van der Waals surface area contributed by atoms with E-state index in [-0.39, 0.29) is 29.9 Å². The second-order valence-corrected chi connectivity index (χ2v) is 11.6. The van der Waals surface area contributed by atoms with Gasteiger partial charge in [-0.05, 0) is 61.9 Å². The van der Waals surface area contributed by atoms with Crippen LogP contribution in [0.4, 0.5) is 0 Å². The molecule has 5 rings (SSSR count). The largest absolute Gasteiger partial charge is 0.507 e. The van der Waals surface area contributed by atoms with Gasteiger partial charge >= 0.3 is 0 Å². The van der Waals surface area contributed by atoms with Crippen molar-refractivity contribution in [2.45, 2.75) is 95.5 Å². The van der Waals surface area contributed by atoms with Crippen LogP contribution >= 0.6 is 0 Å². The summed E-state index contributed by atoms with van der Waals surface area (Å²) in [4.78, 5) is 6.13. The molecule has 2 saturated heterocycles. The van der Waals surface area contributed by atoms with Crippen molar-refractivity contribution >= 4 is 0 Å². The average Bonchev–Trinajstić information content (AvgIpc) is 3.04. The number of hydrogen-bond acceptors (Lipinski definition) is 8. The van der Waals surface area contributed by atoms with Gasteiger partial charge in [0.25, 0.3) is 0 Å². The summed E-state index contributed by atoms with van der Waals surface area (Å²) in [6.07, 6.45) is -2.74. The van der Waals surface area contributed by atoms with Gasteiger partial charge in [0.1, 0.15) is 11.5 Å². The molecule has 0 spiro atoms. The number of azide groups is 2. The Kier molecular flexibility index (Phi) is 10.5. The zero-order valence-electron chi connectivity index (χ0n) is 25.5. The summed E-state index contributed by atoms with van der Waals surface area (Å²) in [6.45, 7) is 5.96. The van der Waals surface area contributed by atoms with Crippen LogP contribution in [0.2, 0.25) is 0 Å². The van der Waals surface area contributed by atoms with Crippen LogP contribution in [-0.2, 0) is 32.2 Å². The van der Waals surface area contributed by atoms with E-state index >= 15 is 0 Å². The Hall–Kier alpha value is -4.28. The van der Waals surface area contributed by atoms with Crippen molar-refractivity contribution in [2.24, 2.45) is 10.2 Å². The highest BCUT2D eigenvalue weighted by atomic mass is 16.6. The smallest absolute Gasteiger partial charge is 0.128 e. The van der Waals surface area contributed by atoms with Crippen LogP contribution in [0.3, 0.4) is 0 Å². The Bertz CT molecular complexity index is 1430. The molecule has 2 heterocycles. The first-order chi connectivity index (χ1) is 21.8. The Morgan fingerprint density at radius 3 is 1.51 bits per heavy atom. The summed E-state index contributed by atoms with van der Waals surface area (Å²) < 4.78 is 25.1. The minimum atomic E-state index is -0.652. The van der Waals surface area contributed by atoms with Gasteiger partial charge in [-0.1, -0.05) is 70.9 Å². The van der Waals surface area contributed by atoms with Crippen LogP contribution in [0.15, 0.2) is 77.0 Å². The third kappa shape index (κ3) is 7.34. The van der Waals surface area contributed by atoms with Crippen molar-refractivity contribution in [1.29, 1.82) is 0 Å². The van der Waals surface area contributed by atoms with Gasteiger partial charge in [0.2, 0.25) is 0 Å². The Morgan fingerprint density at radius 1 is 0.733 bits per heavy atom. The van der Waals surface area contributed by atoms with Crippen LogP contribution < -0.4 is 0 Å². The summed E-state index contributed by atoms with van der Waals surface area (Å²) in [7, 11) is 0.